The first-order valence-electron chi connectivity index (χ1n) is 4.74. The predicted octanol–water partition coefficient (Wildman–Crippen LogP) is 0.238. The van der Waals surface area contributed by atoms with E-state index in [4.69, 9.17) is 5.11 Å². The van der Waals surface area contributed by atoms with Gasteiger partial charge in [0.1, 0.15) is 12.2 Å². The second-order valence-electron chi connectivity index (χ2n) is 3.24. The number of hydrogen-bond acceptors (Lipinski definition) is 3. The van der Waals surface area contributed by atoms with E-state index < -0.39 is 6.43 Å². The van der Waals surface area contributed by atoms with Crippen molar-refractivity contribution in [1.82, 2.24) is 15.1 Å². The SMILES string of the molecule is Cc1cc(C(F)F)nn1CC(=O)NCCO. The van der Waals surface area contributed by atoms with Gasteiger partial charge in [-0.1, -0.05) is 0 Å². The maximum Gasteiger partial charge on any atom is 0.282 e. The first-order chi connectivity index (χ1) is 7.54. The van der Waals surface area contributed by atoms with Gasteiger partial charge in [0, 0.05) is 12.2 Å². The van der Waals surface area contributed by atoms with E-state index in [1.165, 1.54) is 10.7 Å². The maximum absolute atomic E-state index is 12.3. The number of rotatable bonds is 5. The molecule has 1 rings (SSSR count). The Balaban J connectivity index is 2.63. The molecular formula is C9H13F2N3O2. The van der Waals surface area contributed by atoms with Crippen molar-refractivity contribution in [3.05, 3.63) is 17.5 Å². The number of hydrogen-bond donors (Lipinski definition) is 2. The van der Waals surface area contributed by atoms with Gasteiger partial charge in [0.05, 0.1) is 6.61 Å². The molecular weight excluding hydrogens is 220 g/mol. The van der Waals surface area contributed by atoms with Gasteiger partial charge in [-0.05, 0) is 13.0 Å². The highest BCUT2D eigenvalue weighted by molar-refractivity contribution is 5.75. The van der Waals surface area contributed by atoms with Gasteiger partial charge >= 0.3 is 0 Å². The lowest BCUT2D eigenvalue weighted by Crippen LogP contribution is -2.30. The summed E-state index contributed by atoms with van der Waals surface area (Å²) in [5.41, 5.74) is 0.155. The summed E-state index contributed by atoms with van der Waals surface area (Å²) in [5, 5.41) is 14.5. The average Bonchev–Trinajstić information content (AvgIpc) is 2.57. The Morgan fingerprint density at radius 2 is 2.38 bits per heavy atom. The minimum absolute atomic E-state index is 0.126. The van der Waals surface area contributed by atoms with Crippen molar-refractivity contribution in [1.29, 1.82) is 0 Å². The molecule has 0 aliphatic heterocycles. The summed E-state index contributed by atoms with van der Waals surface area (Å²) in [7, 11) is 0. The van der Waals surface area contributed by atoms with Crippen LogP contribution in [0.5, 0.6) is 0 Å². The molecule has 0 aliphatic carbocycles. The Morgan fingerprint density at radius 3 is 2.88 bits per heavy atom. The third kappa shape index (κ3) is 3.27. The van der Waals surface area contributed by atoms with Gasteiger partial charge in [-0.15, -0.1) is 0 Å². The van der Waals surface area contributed by atoms with E-state index in [-0.39, 0.29) is 31.3 Å². The number of alkyl halides is 2. The number of aliphatic hydroxyl groups is 1. The Hall–Kier alpha value is -1.50. The topological polar surface area (TPSA) is 67.2 Å². The number of halogens is 2. The molecule has 1 amide bonds. The zero-order valence-corrected chi connectivity index (χ0v) is 8.78. The molecule has 0 spiro atoms. The summed E-state index contributed by atoms with van der Waals surface area (Å²) < 4.78 is 25.8. The van der Waals surface area contributed by atoms with Crippen LogP contribution >= 0.6 is 0 Å². The summed E-state index contributed by atoms with van der Waals surface area (Å²) in [6.45, 7) is 1.45. The highest BCUT2D eigenvalue weighted by Crippen LogP contribution is 2.17. The predicted molar refractivity (Wildman–Crippen MR) is 52.0 cm³/mol. The molecule has 1 aromatic rings. The molecule has 0 unspecified atom stereocenters. The van der Waals surface area contributed by atoms with Crippen LogP contribution in [0.2, 0.25) is 0 Å². The first kappa shape index (κ1) is 12.6. The van der Waals surface area contributed by atoms with Crippen molar-refractivity contribution in [3.63, 3.8) is 0 Å². The monoisotopic (exact) mass is 233 g/mol. The highest BCUT2D eigenvalue weighted by Gasteiger charge is 2.14. The van der Waals surface area contributed by atoms with Gasteiger partial charge in [0.15, 0.2) is 0 Å². The molecule has 0 atom stereocenters. The minimum Gasteiger partial charge on any atom is -0.395 e. The second-order valence-corrected chi connectivity index (χ2v) is 3.24. The Kier molecular flexibility index (Phi) is 4.36. The average molecular weight is 233 g/mol. The van der Waals surface area contributed by atoms with Gasteiger partial charge in [0.25, 0.3) is 6.43 Å². The third-order valence-corrected chi connectivity index (χ3v) is 1.95. The number of nitrogens with one attached hydrogen (secondary N) is 1. The molecule has 7 heteroatoms. The summed E-state index contributed by atoms with van der Waals surface area (Å²) >= 11 is 0. The number of nitrogens with zero attached hydrogens (tertiary/aromatic N) is 2. The van der Waals surface area contributed by atoms with Crippen molar-refractivity contribution >= 4 is 5.91 Å². The van der Waals surface area contributed by atoms with E-state index in [0.29, 0.717) is 5.69 Å². The normalized spacial score (nSPS) is 10.8. The van der Waals surface area contributed by atoms with Gasteiger partial charge < -0.3 is 10.4 Å². The number of carbonyl (C=O) groups is 1. The van der Waals surface area contributed by atoms with Crippen molar-refractivity contribution in [2.45, 2.75) is 19.9 Å². The molecule has 0 saturated heterocycles. The number of aryl methyl sites for hydroxylation is 1. The molecule has 0 radical (unpaired) electrons. The number of aliphatic hydroxyl groups excluding tert-OH is 1. The van der Waals surface area contributed by atoms with Gasteiger partial charge in [-0.25, -0.2) is 8.78 Å². The summed E-state index contributed by atoms with van der Waals surface area (Å²) in [6, 6.07) is 1.24. The maximum atomic E-state index is 12.3. The number of amides is 1. The van der Waals surface area contributed by atoms with E-state index in [0.717, 1.165) is 0 Å². The van der Waals surface area contributed by atoms with Crippen LogP contribution in [-0.4, -0.2) is 33.9 Å². The molecule has 90 valence electrons. The van der Waals surface area contributed by atoms with Crippen LogP contribution in [0.1, 0.15) is 17.8 Å². The molecule has 2 N–H and O–H groups in total. The molecule has 0 aliphatic rings. The zero-order valence-electron chi connectivity index (χ0n) is 8.78. The zero-order chi connectivity index (χ0) is 12.1. The molecule has 1 aromatic heterocycles. The van der Waals surface area contributed by atoms with Crippen molar-refractivity contribution < 1.29 is 18.7 Å². The van der Waals surface area contributed by atoms with Crippen LogP contribution in [0.25, 0.3) is 0 Å². The van der Waals surface area contributed by atoms with E-state index in [9.17, 15) is 13.6 Å². The van der Waals surface area contributed by atoms with Crippen LogP contribution in [0.3, 0.4) is 0 Å². The summed E-state index contributed by atoms with van der Waals surface area (Å²) in [5.74, 6) is -0.374. The Morgan fingerprint density at radius 1 is 1.69 bits per heavy atom. The molecule has 0 bridgehead atoms. The van der Waals surface area contributed by atoms with Gasteiger partial charge in [-0.3, -0.25) is 9.48 Å². The van der Waals surface area contributed by atoms with Crippen LogP contribution in [0, 0.1) is 6.92 Å². The van der Waals surface area contributed by atoms with Crippen LogP contribution in [0.15, 0.2) is 6.07 Å². The van der Waals surface area contributed by atoms with Crippen molar-refractivity contribution in [3.8, 4) is 0 Å². The lowest BCUT2D eigenvalue weighted by atomic mass is 10.4. The Bertz CT molecular complexity index is 366. The third-order valence-electron chi connectivity index (χ3n) is 1.95. The van der Waals surface area contributed by atoms with E-state index >= 15 is 0 Å². The fourth-order valence-electron chi connectivity index (χ4n) is 1.19. The number of aromatic nitrogens is 2. The molecule has 0 fully saturated rings. The van der Waals surface area contributed by atoms with Crippen molar-refractivity contribution in [2.24, 2.45) is 0 Å². The smallest absolute Gasteiger partial charge is 0.282 e. The minimum atomic E-state index is -2.64. The lowest BCUT2D eigenvalue weighted by molar-refractivity contribution is -0.122. The fraction of sp³-hybridized carbons (Fsp3) is 0.556. The quantitative estimate of drug-likeness (QED) is 0.765. The standard InChI is InChI=1S/C9H13F2N3O2/c1-6-4-7(9(10)11)13-14(6)5-8(16)12-2-3-15/h4,9,15H,2-3,5H2,1H3,(H,12,16). The van der Waals surface area contributed by atoms with Crippen molar-refractivity contribution in [2.75, 3.05) is 13.2 Å². The summed E-state index contributed by atoms with van der Waals surface area (Å²) in [4.78, 5) is 11.2. The largest absolute Gasteiger partial charge is 0.395 e. The van der Waals surface area contributed by atoms with Crippen LogP contribution in [-0.2, 0) is 11.3 Å². The molecule has 5 nitrogen and oxygen atoms in total. The van der Waals surface area contributed by atoms with E-state index in [1.54, 1.807) is 6.92 Å². The highest BCUT2D eigenvalue weighted by atomic mass is 19.3. The van der Waals surface area contributed by atoms with Crippen LogP contribution < -0.4 is 5.32 Å². The first-order valence-corrected chi connectivity index (χ1v) is 4.74. The molecule has 0 aromatic carbocycles. The second kappa shape index (κ2) is 5.55. The van der Waals surface area contributed by atoms with Gasteiger partial charge in [-0.2, -0.15) is 5.10 Å². The molecule has 1 heterocycles. The van der Waals surface area contributed by atoms with E-state index in [2.05, 4.69) is 10.4 Å². The lowest BCUT2D eigenvalue weighted by Gasteiger charge is -2.04. The number of carbonyl (C=O) groups excluding carboxylic acids is 1. The molecule has 0 saturated carbocycles. The Labute approximate surface area is 91.1 Å². The van der Waals surface area contributed by atoms with Gasteiger partial charge in [0.2, 0.25) is 5.91 Å². The molecule has 16 heavy (non-hydrogen) atoms. The van der Waals surface area contributed by atoms with Crippen LogP contribution in [0.4, 0.5) is 8.78 Å². The van der Waals surface area contributed by atoms with E-state index in [1.807, 2.05) is 0 Å². The fourth-order valence-corrected chi connectivity index (χ4v) is 1.19. The summed E-state index contributed by atoms with van der Waals surface area (Å²) in [6.07, 6.45) is -2.64.